The van der Waals surface area contributed by atoms with E-state index in [1.54, 1.807) is 18.2 Å². The Labute approximate surface area is 108 Å². The number of nitrogens with one attached hydrogen (secondary N) is 1. The fourth-order valence-corrected chi connectivity index (χ4v) is 2.14. The van der Waals surface area contributed by atoms with E-state index in [2.05, 4.69) is 27.3 Å². The van der Waals surface area contributed by atoms with E-state index in [-0.39, 0.29) is 11.8 Å². The third-order valence-corrected chi connectivity index (χ3v) is 3.31. The van der Waals surface area contributed by atoms with Crippen LogP contribution in [0.5, 0.6) is 0 Å². The lowest BCUT2D eigenvalue weighted by molar-refractivity contribution is -0.119. The van der Waals surface area contributed by atoms with Gasteiger partial charge in [-0.15, -0.1) is 0 Å². The number of benzene rings is 1. The largest absolute Gasteiger partial charge is 0.381 e. The van der Waals surface area contributed by atoms with Crippen molar-refractivity contribution in [2.24, 2.45) is 5.92 Å². The topological polar surface area (TPSA) is 62.1 Å². The number of rotatable bonds is 2. The molecule has 1 atom stereocenters. The van der Waals surface area contributed by atoms with Gasteiger partial charge in [-0.05, 0) is 40.5 Å². The van der Waals surface area contributed by atoms with E-state index in [0.29, 0.717) is 28.9 Å². The van der Waals surface area contributed by atoms with Crippen LogP contribution in [0.3, 0.4) is 0 Å². The molecule has 0 spiro atoms. The van der Waals surface area contributed by atoms with Crippen molar-refractivity contribution >= 4 is 27.5 Å². The number of hydrogen-bond acceptors (Lipinski definition) is 3. The van der Waals surface area contributed by atoms with Crippen molar-refractivity contribution in [2.45, 2.75) is 6.42 Å². The van der Waals surface area contributed by atoms with Crippen molar-refractivity contribution < 1.29 is 9.53 Å². The Morgan fingerprint density at radius 1 is 1.59 bits per heavy atom. The highest BCUT2D eigenvalue weighted by atomic mass is 79.9. The lowest BCUT2D eigenvalue weighted by Crippen LogP contribution is -2.22. The SMILES string of the molecule is N#Cc1ccc(NC(=O)C2CCOC2)cc1Br. The Kier molecular flexibility index (Phi) is 3.77. The summed E-state index contributed by atoms with van der Waals surface area (Å²) in [4.78, 5) is 11.8. The molecule has 1 aliphatic rings. The zero-order chi connectivity index (χ0) is 12.3. The molecule has 1 aromatic rings. The van der Waals surface area contributed by atoms with Crippen LogP contribution in [-0.4, -0.2) is 19.1 Å². The van der Waals surface area contributed by atoms with E-state index in [1.165, 1.54) is 0 Å². The summed E-state index contributed by atoms with van der Waals surface area (Å²) in [7, 11) is 0. The molecule has 1 aliphatic heterocycles. The third-order valence-electron chi connectivity index (χ3n) is 2.66. The molecule has 17 heavy (non-hydrogen) atoms. The number of hydrogen-bond donors (Lipinski definition) is 1. The van der Waals surface area contributed by atoms with Gasteiger partial charge in [0.25, 0.3) is 0 Å². The molecule has 1 saturated heterocycles. The lowest BCUT2D eigenvalue weighted by Gasteiger charge is -2.09. The van der Waals surface area contributed by atoms with Crippen molar-refractivity contribution in [3.8, 4) is 6.07 Å². The van der Waals surface area contributed by atoms with Gasteiger partial charge in [0.15, 0.2) is 0 Å². The first-order chi connectivity index (χ1) is 8.20. The van der Waals surface area contributed by atoms with Crippen LogP contribution in [-0.2, 0) is 9.53 Å². The second-order valence-electron chi connectivity index (χ2n) is 3.86. The van der Waals surface area contributed by atoms with Gasteiger partial charge in [0.05, 0.1) is 18.1 Å². The molecule has 88 valence electrons. The predicted molar refractivity (Wildman–Crippen MR) is 66.4 cm³/mol. The average molecular weight is 295 g/mol. The van der Waals surface area contributed by atoms with Crippen LogP contribution in [0.1, 0.15) is 12.0 Å². The van der Waals surface area contributed by atoms with Crippen molar-refractivity contribution in [3.63, 3.8) is 0 Å². The van der Waals surface area contributed by atoms with E-state index in [4.69, 9.17) is 10.00 Å². The maximum absolute atomic E-state index is 11.8. The number of nitrogens with zero attached hydrogens (tertiary/aromatic N) is 1. The van der Waals surface area contributed by atoms with Gasteiger partial charge < -0.3 is 10.1 Å². The van der Waals surface area contributed by atoms with Gasteiger partial charge in [0, 0.05) is 16.8 Å². The Balaban J connectivity index is 2.06. The van der Waals surface area contributed by atoms with Crippen LogP contribution < -0.4 is 5.32 Å². The predicted octanol–water partition coefficient (Wildman–Crippen LogP) is 2.30. The van der Waals surface area contributed by atoms with Gasteiger partial charge in [-0.2, -0.15) is 5.26 Å². The minimum atomic E-state index is -0.0654. The fourth-order valence-electron chi connectivity index (χ4n) is 1.67. The first-order valence-electron chi connectivity index (χ1n) is 5.29. The minimum absolute atomic E-state index is 0.0286. The van der Waals surface area contributed by atoms with Gasteiger partial charge in [0.1, 0.15) is 6.07 Å². The number of ether oxygens (including phenoxy) is 1. The molecule has 2 rings (SSSR count). The zero-order valence-electron chi connectivity index (χ0n) is 9.07. The minimum Gasteiger partial charge on any atom is -0.381 e. The number of nitriles is 1. The molecule has 0 aliphatic carbocycles. The molecule has 4 nitrogen and oxygen atoms in total. The molecule has 1 N–H and O–H groups in total. The number of carbonyl (C=O) groups excluding carboxylic acids is 1. The van der Waals surface area contributed by atoms with Crippen molar-refractivity contribution in [3.05, 3.63) is 28.2 Å². The van der Waals surface area contributed by atoms with Gasteiger partial charge in [-0.25, -0.2) is 0 Å². The van der Waals surface area contributed by atoms with E-state index in [1.807, 2.05) is 0 Å². The first-order valence-corrected chi connectivity index (χ1v) is 6.08. The Morgan fingerprint density at radius 2 is 2.41 bits per heavy atom. The highest BCUT2D eigenvalue weighted by Crippen LogP contribution is 2.22. The van der Waals surface area contributed by atoms with Crippen LogP contribution >= 0.6 is 15.9 Å². The Bertz CT molecular complexity index is 476. The summed E-state index contributed by atoms with van der Waals surface area (Å²) in [6, 6.07) is 7.17. The van der Waals surface area contributed by atoms with Crippen LogP contribution in [0.25, 0.3) is 0 Å². The van der Waals surface area contributed by atoms with E-state index < -0.39 is 0 Å². The molecular formula is C12H11BrN2O2. The summed E-state index contributed by atoms with van der Waals surface area (Å²) >= 11 is 3.28. The van der Waals surface area contributed by atoms with Gasteiger partial charge in [0.2, 0.25) is 5.91 Å². The number of carbonyl (C=O) groups is 1. The molecule has 0 radical (unpaired) electrons. The monoisotopic (exact) mass is 294 g/mol. The molecule has 0 aromatic heterocycles. The molecule has 0 saturated carbocycles. The maximum atomic E-state index is 11.8. The number of halogens is 1. The Hall–Kier alpha value is -1.38. The average Bonchev–Trinajstić information content (AvgIpc) is 2.82. The van der Waals surface area contributed by atoms with Crippen LogP contribution in [0.2, 0.25) is 0 Å². The molecule has 1 amide bonds. The summed E-state index contributed by atoms with van der Waals surface area (Å²) in [6.45, 7) is 1.14. The maximum Gasteiger partial charge on any atom is 0.229 e. The molecule has 1 fully saturated rings. The second kappa shape index (κ2) is 5.30. The smallest absolute Gasteiger partial charge is 0.229 e. The van der Waals surface area contributed by atoms with Crippen LogP contribution in [0, 0.1) is 17.2 Å². The Morgan fingerprint density at radius 3 is 3.00 bits per heavy atom. The quantitative estimate of drug-likeness (QED) is 0.910. The summed E-state index contributed by atoms with van der Waals surface area (Å²) in [5.41, 5.74) is 1.24. The first kappa shape index (κ1) is 12.1. The van der Waals surface area contributed by atoms with E-state index in [9.17, 15) is 4.79 Å². The second-order valence-corrected chi connectivity index (χ2v) is 4.71. The molecule has 1 unspecified atom stereocenters. The highest BCUT2D eigenvalue weighted by Gasteiger charge is 2.23. The van der Waals surface area contributed by atoms with E-state index in [0.717, 1.165) is 6.42 Å². The summed E-state index contributed by atoms with van der Waals surface area (Å²) in [5, 5.41) is 11.6. The fraction of sp³-hybridized carbons (Fsp3) is 0.333. The van der Waals surface area contributed by atoms with E-state index >= 15 is 0 Å². The molecule has 5 heteroatoms. The van der Waals surface area contributed by atoms with Gasteiger partial charge in [-0.3, -0.25) is 4.79 Å². The summed E-state index contributed by atoms with van der Waals surface area (Å²) in [6.07, 6.45) is 0.767. The van der Waals surface area contributed by atoms with Crippen molar-refractivity contribution in [1.82, 2.24) is 0 Å². The standard InChI is InChI=1S/C12H11BrN2O2/c13-11-5-10(2-1-8(11)6-14)15-12(16)9-3-4-17-7-9/h1-2,5,9H,3-4,7H2,(H,15,16). The molecule has 1 heterocycles. The normalized spacial score (nSPS) is 18.7. The summed E-state index contributed by atoms with van der Waals surface area (Å²) in [5.74, 6) is -0.0940. The van der Waals surface area contributed by atoms with Crippen LogP contribution in [0.4, 0.5) is 5.69 Å². The van der Waals surface area contributed by atoms with Crippen LogP contribution in [0.15, 0.2) is 22.7 Å². The third kappa shape index (κ3) is 2.84. The summed E-state index contributed by atoms with van der Waals surface area (Å²) < 4.78 is 5.84. The highest BCUT2D eigenvalue weighted by molar-refractivity contribution is 9.10. The van der Waals surface area contributed by atoms with Crippen molar-refractivity contribution in [2.75, 3.05) is 18.5 Å². The van der Waals surface area contributed by atoms with Gasteiger partial charge >= 0.3 is 0 Å². The van der Waals surface area contributed by atoms with Crippen molar-refractivity contribution in [1.29, 1.82) is 5.26 Å². The van der Waals surface area contributed by atoms with Gasteiger partial charge in [-0.1, -0.05) is 0 Å². The number of anilines is 1. The lowest BCUT2D eigenvalue weighted by atomic mass is 10.1. The molecular weight excluding hydrogens is 284 g/mol. The number of amides is 1. The zero-order valence-corrected chi connectivity index (χ0v) is 10.7. The molecule has 1 aromatic carbocycles. The molecule has 0 bridgehead atoms.